The SMILES string of the molecule is CO[Si](CCCN=CC(C)(C)CN(C)C)(OC)OC. The number of aliphatic imine (C=N–C) groups is 1. The summed E-state index contributed by atoms with van der Waals surface area (Å²) in [6, 6.07) is 0.794. The van der Waals surface area contributed by atoms with Crippen molar-refractivity contribution in [3.8, 4) is 0 Å². The third-order valence-electron chi connectivity index (χ3n) is 2.87. The Kier molecular flexibility index (Phi) is 8.68. The number of rotatable bonds is 10. The lowest BCUT2D eigenvalue weighted by molar-refractivity contribution is 0.123. The van der Waals surface area contributed by atoms with Crippen LogP contribution in [0.5, 0.6) is 0 Å². The van der Waals surface area contributed by atoms with Gasteiger partial charge in [0.05, 0.1) is 0 Å². The predicted octanol–water partition coefficient (Wildman–Crippen LogP) is 1.91. The highest BCUT2D eigenvalue weighted by atomic mass is 28.4. The molecule has 0 heterocycles. The van der Waals surface area contributed by atoms with Crippen LogP contribution in [0.25, 0.3) is 0 Å². The summed E-state index contributed by atoms with van der Waals surface area (Å²) < 4.78 is 16.1. The number of hydrogen-bond donors (Lipinski definition) is 0. The first-order chi connectivity index (χ1) is 8.81. The van der Waals surface area contributed by atoms with Crippen LogP contribution in [0.2, 0.25) is 6.04 Å². The van der Waals surface area contributed by atoms with Crippen LogP contribution in [0, 0.1) is 5.41 Å². The third-order valence-corrected chi connectivity index (χ3v) is 5.70. The molecule has 0 N–H and O–H groups in total. The molecule has 0 spiro atoms. The molecule has 0 unspecified atom stereocenters. The first kappa shape index (κ1) is 18.7. The lowest BCUT2D eigenvalue weighted by atomic mass is 9.95. The fourth-order valence-electron chi connectivity index (χ4n) is 2.11. The molecule has 19 heavy (non-hydrogen) atoms. The van der Waals surface area contributed by atoms with Crippen molar-refractivity contribution in [2.45, 2.75) is 26.3 Å². The Bertz CT molecular complexity index is 258. The molecule has 0 aromatic carbocycles. The minimum Gasteiger partial charge on any atom is -0.377 e. The van der Waals surface area contributed by atoms with Crippen LogP contribution in [0.4, 0.5) is 0 Å². The minimum absolute atomic E-state index is 0.0990. The van der Waals surface area contributed by atoms with Crippen molar-refractivity contribution in [2.24, 2.45) is 10.4 Å². The number of nitrogens with zero attached hydrogens (tertiary/aromatic N) is 2. The Morgan fingerprint density at radius 1 is 1.11 bits per heavy atom. The molecule has 0 aliphatic heterocycles. The molecule has 0 bridgehead atoms. The summed E-state index contributed by atoms with van der Waals surface area (Å²) in [4.78, 5) is 6.68. The molecule has 0 aromatic rings. The first-order valence-electron chi connectivity index (χ1n) is 6.62. The average Bonchev–Trinajstić information content (AvgIpc) is 2.33. The summed E-state index contributed by atoms with van der Waals surface area (Å²) in [7, 11) is 6.65. The van der Waals surface area contributed by atoms with Gasteiger partial charge in [-0.15, -0.1) is 0 Å². The van der Waals surface area contributed by atoms with Crippen LogP contribution in [0.3, 0.4) is 0 Å². The van der Waals surface area contributed by atoms with E-state index in [9.17, 15) is 0 Å². The van der Waals surface area contributed by atoms with E-state index in [0.717, 1.165) is 25.6 Å². The van der Waals surface area contributed by atoms with Crippen molar-refractivity contribution in [2.75, 3.05) is 48.5 Å². The molecule has 0 aliphatic carbocycles. The van der Waals surface area contributed by atoms with E-state index >= 15 is 0 Å². The van der Waals surface area contributed by atoms with Gasteiger partial charge < -0.3 is 18.2 Å². The van der Waals surface area contributed by atoms with Crippen molar-refractivity contribution < 1.29 is 13.3 Å². The van der Waals surface area contributed by atoms with Crippen molar-refractivity contribution in [3.05, 3.63) is 0 Å². The molecule has 6 heteroatoms. The third kappa shape index (κ3) is 7.79. The topological polar surface area (TPSA) is 43.3 Å². The Balaban J connectivity index is 4.09. The second-order valence-corrected chi connectivity index (χ2v) is 8.75. The zero-order valence-corrected chi connectivity index (χ0v) is 14.5. The smallest absolute Gasteiger partial charge is 0.377 e. The molecule has 0 atom stereocenters. The predicted molar refractivity (Wildman–Crippen MR) is 81.9 cm³/mol. The van der Waals surface area contributed by atoms with Crippen molar-refractivity contribution in [1.82, 2.24) is 4.90 Å². The quantitative estimate of drug-likeness (QED) is 0.350. The van der Waals surface area contributed by atoms with E-state index in [1.54, 1.807) is 21.3 Å². The molecule has 0 saturated heterocycles. The molecule has 0 saturated carbocycles. The molecule has 0 aromatic heterocycles. The van der Waals surface area contributed by atoms with Crippen molar-refractivity contribution in [1.29, 1.82) is 0 Å². The van der Waals surface area contributed by atoms with Crippen LogP contribution < -0.4 is 0 Å². The van der Waals surface area contributed by atoms with E-state index < -0.39 is 8.80 Å². The molecule has 0 aliphatic rings. The van der Waals surface area contributed by atoms with E-state index in [4.69, 9.17) is 13.3 Å². The van der Waals surface area contributed by atoms with Gasteiger partial charge in [0, 0.05) is 52.1 Å². The van der Waals surface area contributed by atoms with Crippen LogP contribution in [0.15, 0.2) is 4.99 Å². The van der Waals surface area contributed by atoms with Gasteiger partial charge in [0.1, 0.15) is 0 Å². The molecule has 0 fully saturated rings. The fourth-order valence-corrected chi connectivity index (χ4v) is 3.81. The maximum Gasteiger partial charge on any atom is 0.500 e. The normalized spacial score (nSPS) is 13.7. The maximum absolute atomic E-state index is 5.37. The summed E-state index contributed by atoms with van der Waals surface area (Å²) in [5, 5.41) is 0. The summed E-state index contributed by atoms with van der Waals surface area (Å²) in [6.07, 6.45) is 2.96. The first-order valence-corrected chi connectivity index (χ1v) is 8.55. The molecular formula is C13H30N2O3Si. The summed E-state index contributed by atoms with van der Waals surface area (Å²) in [5.74, 6) is 0. The van der Waals surface area contributed by atoms with Crippen molar-refractivity contribution >= 4 is 15.0 Å². The standard InChI is InChI=1S/C13H30N2O3Si/c1-13(2,12-15(3)4)11-14-9-8-10-19(16-5,17-6)18-7/h11H,8-10,12H2,1-7H3. The van der Waals surface area contributed by atoms with E-state index in [1.807, 2.05) is 6.21 Å². The van der Waals surface area contributed by atoms with Gasteiger partial charge >= 0.3 is 8.80 Å². The van der Waals surface area contributed by atoms with Gasteiger partial charge in [0.15, 0.2) is 0 Å². The maximum atomic E-state index is 5.37. The van der Waals surface area contributed by atoms with Gasteiger partial charge in [-0.25, -0.2) is 0 Å². The number of hydrogen-bond acceptors (Lipinski definition) is 5. The second-order valence-electron chi connectivity index (χ2n) is 5.66. The van der Waals surface area contributed by atoms with E-state index in [0.29, 0.717) is 0 Å². The molecule has 0 radical (unpaired) electrons. The highest BCUT2D eigenvalue weighted by molar-refractivity contribution is 6.60. The molecule has 114 valence electrons. The molecule has 0 rings (SSSR count). The van der Waals surface area contributed by atoms with E-state index in [1.165, 1.54) is 0 Å². The van der Waals surface area contributed by atoms with Gasteiger partial charge in [-0.2, -0.15) is 0 Å². The van der Waals surface area contributed by atoms with E-state index in [-0.39, 0.29) is 5.41 Å². The van der Waals surface area contributed by atoms with E-state index in [2.05, 4.69) is 37.8 Å². The Hall–Kier alpha value is -0.273. The zero-order chi connectivity index (χ0) is 14.9. The Labute approximate surface area is 119 Å². The lowest BCUT2D eigenvalue weighted by Crippen LogP contribution is -2.42. The van der Waals surface area contributed by atoms with Crippen molar-refractivity contribution in [3.63, 3.8) is 0 Å². The van der Waals surface area contributed by atoms with Crippen LogP contribution in [0.1, 0.15) is 20.3 Å². The Morgan fingerprint density at radius 2 is 1.63 bits per heavy atom. The highest BCUT2D eigenvalue weighted by Crippen LogP contribution is 2.16. The zero-order valence-electron chi connectivity index (χ0n) is 13.5. The average molecular weight is 290 g/mol. The molecule has 0 amide bonds. The molecular weight excluding hydrogens is 260 g/mol. The minimum atomic E-state index is -2.42. The van der Waals surface area contributed by atoms with Gasteiger partial charge in [-0.1, -0.05) is 13.8 Å². The van der Waals surface area contributed by atoms with Crippen LogP contribution in [-0.2, 0) is 13.3 Å². The van der Waals surface area contributed by atoms with Gasteiger partial charge in [0.25, 0.3) is 0 Å². The van der Waals surface area contributed by atoms with Gasteiger partial charge in [-0.3, -0.25) is 4.99 Å². The summed E-state index contributed by atoms with van der Waals surface area (Å²) in [6.45, 7) is 6.15. The van der Waals surface area contributed by atoms with Gasteiger partial charge in [0.2, 0.25) is 0 Å². The second kappa shape index (κ2) is 8.81. The Morgan fingerprint density at radius 3 is 2.05 bits per heavy atom. The molecule has 5 nitrogen and oxygen atoms in total. The lowest BCUT2D eigenvalue weighted by Gasteiger charge is -2.24. The van der Waals surface area contributed by atoms with Crippen LogP contribution in [-0.4, -0.2) is 68.4 Å². The summed E-state index contributed by atoms with van der Waals surface area (Å²) >= 11 is 0. The summed E-state index contributed by atoms with van der Waals surface area (Å²) in [5.41, 5.74) is 0.0990. The monoisotopic (exact) mass is 290 g/mol. The largest absolute Gasteiger partial charge is 0.500 e. The highest BCUT2D eigenvalue weighted by Gasteiger charge is 2.36. The fraction of sp³-hybridized carbons (Fsp3) is 0.923. The van der Waals surface area contributed by atoms with Gasteiger partial charge in [-0.05, 0) is 20.5 Å². The van der Waals surface area contributed by atoms with Crippen LogP contribution >= 0.6 is 0 Å².